The predicted octanol–water partition coefficient (Wildman–Crippen LogP) is 2.07. The molecule has 0 aromatic heterocycles. The highest BCUT2D eigenvalue weighted by Crippen LogP contribution is 2.17. The Morgan fingerprint density at radius 1 is 1.16 bits per heavy atom. The lowest BCUT2D eigenvalue weighted by atomic mass is 9.99. The molecular weight excluding hydrogens is 343 g/mol. The van der Waals surface area contributed by atoms with Crippen molar-refractivity contribution in [1.29, 1.82) is 0 Å². The van der Waals surface area contributed by atoms with E-state index in [1.54, 1.807) is 31.2 Å². The van der Waals surface area contributed by atoms with Gasteiger partial charge in [0, 0.05) is 6.54 Å². The number of aryl methyl sites for hydroxylation is 2. The van der Waals surface area contributed by atoms with E-state index in [9.17, 15) is 17.6 Å². The van der Waals surface area contributed by atoms with Gasteiger partial charge in [-0.3, -0.25) is 4.79 Å². The Bertz CT molecular complexity index is 864. The van der Waals surface area contributed by atoms with Gasteiger partial charge in [0.2, 0.25) is 15.9 Å². The normalized spacial score (nSPS) is 12.8. The zero-order valence-electron chi connectivity index (χ0n) is 14.1. The van der Waals surface area contributed by atoms with Crippen molar-refractivity contribution in [2.75, 3.05) is 6.54 Å². The number of rotatable bonds is 7. The van der Waals surface area contributed by atoms with Crippen molar-refractivity contribution in [2.24, 2.45) is 11.7 Å². The number of carbonyl (C=O) groups is 1. The molecule has 134 valence electrons. The first-order valence-electron chi connectivity index (χ1n) is 7.80. The number of nitrogens with two attached hydrogens (primary N) is 1. The average Bonchev–Trinajstić information content (AvgIpc) is 2.52. The second-order valence-electron chi connectivity index (χ2n) is 6.05. The maximum absolute atomic E-state index is 13.0. The van der Waals surface area contributed by atoms with Crippen molar-refractivity contribution < 1.29 is 17.6 Å². The SMILES string of the molecule is Cc1ccc(S(=O)(=O)NCC(Cc2ccc(F)cc2)C(N)=O)c(C)c1. The number of halogens is 1. The monoisotopic (exact) mass is 364 g/mol. The van der Waals surface area contributed by atoms with E-state index in [2.05, 4.69) is 4.72 Å². The third-order valence-corrected chi connectivity index (χ3v) is 5.52. The van der Waals surface area contributed by atoms with Gasteiger partial charge in [-0.15, -0.1) is 0 Å². The number of nitrogens with one attached hydrogen (secondary N) is 1. The summed E-state index contributed by atoms with van der Waals surface area (Å²) in [6.07, 6.45) is 0.227. The molecule has 0 aliphatic heterocycles. The van der Waals surface area contributed by atoms with E-state index in [0.29, 0.717) is 11.1 Å². The van der Waals surface area contributed by atoms with Crippen LogP contribution >= 0.6 is 0 Å². The van der Waals surface area contributed by atoms with Crippen LogP contribution < -0.4 is 10.5 Å². The summed E-state index contributed by atoms with van der Waals surface area (Å²) in [6, 6.07) is 10.7. The van der Waals surface area contributed by atoms with E-state index < -0.39 is 21.8 Å². The first-order valence-corrected chi connectivity index (χ1v) is 9.28. The summed E-state index contributed by atoms with van der Waals surface area (Å²) < 4.78 is 40.4. The van der Waals surface area contributed by atoms with Crippen LogP contribution in [-0.4, -0.2) is 20.9 Å². The molecule has 7 heteroatoms. The van der Waals surface area contributed by atoms with E-state index >= 15 is 0 Å². The Kier molecular flexibility index (Phi) is 5.92. The third kappa shape index (κ3) is 5.11. The molecule has 0 fully saturated rings. The van der Waals surface area contributed by atoms with Crippen molar-refractivity contribution in [3.63, 3.8) is 0 Å². The maximum Gasteiger partial charge on any atom is 0.240 e. The lowest BCUT2D eigenvalue weighted by molar-refractivity contribution is -0.121. The molecule has 0 bridgehead atoms. The molecule has 2 rings (SSSR count). The Labute approximate surface area is 147 Å². The quantitative estimate of drug-likeness (QED) is 0.788. The number of amides is 1. The van der Waals surface area contributed by atoms with E-state index in [4.69, 9.17) is 5.73 Å². The summed E-state index contributed by atoms with van der Waals surface area (Å²) in [6.45, 7) is 3.47. The van der Waals surface area contributed by atoms with Crippen molar-refractivity contribution in [2.45, 2.75) is 25.2 Å². The minimum absolute atomic E-state index is 0.123. The zero-order chi connectivity index (χ0) is 18.6. The summed E-state index contributed by atoms with van der Waals surface area (Å²) in [4.78, 5) is 11.8. The number of sulfonamides is 1. The second kappa shape index (κ2) is 7.76. The molecular formula is C18H21FN2O3S. The summed E-state index contributed by atoms with van der Waals surface area (Å²) in [5.41, 5.74) is 7.68. The number of hydrogen-bond acceptors (Lipinski definition) is 3. The fourth-order valence-electron chi connectivity index (χ4n) is 2.57. The molecule has 0 spiro atoms. The van der Waals surface area contributed by atoms with E-state index in [1.807, 2.05) is 6.92 Å². The van der Waals surface area contributed by atoms with E-state index in [1.165, 1.54) is 18.2 Å². The van der Waals surface area contributed by atoms with Crippen LogP contribution in [-0.2, 0) is 21.2 Å². The molecule has 0 saturated heterocycles. The molecule has 5 nitrogen and oxygen atoms in total. The van der Waals surface area contributed by atoms with Gasteiger partial charge in [-0.1, -0.05) is 29.8 Å². The highest BCUT2D eigenvalue weighted by atomic mass is 32.2. The lowest BCUT2D eigenvalue weighted by Gasteiger charge is -2.16. The molecule has 0 saturated carbocycles. The van der Waals surface area contributed by atoms with Crippen LogP contribution in [0, 0.1) is 25.6 Å². The van der Waals surface area contributed by atoms with Crippen molar-refractivity contribution >= 4 is 15.9 Å². The molecule has 3 N–H and O–H groups in total. The zero-order valence-corrected chi connectivity index (χ0v) is 14.9. The summed E-state index contributed by atoms with van der Waals surface area (Å²) in [7, 11) is -3.75. The molecule has 1 amide bonds. The van der Waals surface area contributed by atoms with Gasteiger partial charge in [-0.2, -0.15) is 0 Å². The maximum atomic E-state index is 13.0. The van der Waals surface area contributed by atoms with Gasteiger partial charge < -0.3 is 5.73 Å². The van der Waals surface area contributed by atoms with Crippen LogP contribution in [0.1, 0.15) is 16.7 Å². The van der Waals surface area contributed by atoms with Crippen LogP contribution in [0.4, 0.5) is 4.39 Å². The van der Waals surface area contributed by atoms with Gasteiger partial charge in [-0.25, -0.2) is 17.5 Å². The van der Waals surface area contributed by atoms with Gasteiger partial charge in [0.25, 0.3) is 0 Å². The van der Waals surface area contributed by atoms with Gasteiger partial charge >= 0.3 is 0 Å². The fourth-order valence-corrected chi connectivity index (χ4v) is 3.87. The predicted molar refractivity (Wildman–Crippen MR) is 93.9 cm³/mol. The molecule has 2 aromatic rings. The molecule has 1 atom stereocenters. The minimum atomic E-state index is -3.75. The Morgan fingerprint density at radius 3 is 2.36 bits per heavy atom. The Hall–Kier alpha value is -2.25. The Morgan fingerprint density at radius 2 is 1.80 bits per heavy atom. The lowest BCUT2D eigenvalue weighted by Crippen LogP contribution is -2.37. The average molecular weight is 364 g/mol. The summed E-state index contributed by atoms with van der Waals surface area (Å²) >= 11 is 0. The molecule has 25 heavy (non-hydrogen) atoms. The summed E-state index contributed by atoms with van der Waals surface area (Å²) in [5.74, 6) is -1.73. The van der Waals surface area contributed by atoms with Crippen molar-refractivity contribution in [1.82, 2.24) is 4.72 Å². The molecule has 2 aromatic carbocycles. The van der Waals surface area contributed by atoms with Crippen LogP contribution in [0.5, 0.6) is 0 Å². The highest BCUT2D eigenvalue weighted by Gasteiger charge is 2.22. The second-order valence-corrected chi connectivity index (χ2v) is 7.79. The van der Waals surface area contributed by atoms with Crippen molar-refractivity contribution in [3.05, 3.63) is 65.0 Å². The smallest absolute Gasteiger partial charge is 0.240 e. The molecule has 0 aliphatic carbocycles. The molecule has 0 heterocycles. The first-order chi connectivity index (χ1) is 11.7. The topological polar surface area (TPSA) is 89.3 Å². The highest BCUT2D eigenvalue weighted by molar-refractivity contribution is 7.89. The third-order valence-electron chi connectivity index (χ3n) is 3.94. The van der Waals surface area contributed by atoms with Gasteiger partial charge in [0.15, 0.2) is 0 Å². The first kappa shape index (κ1) is 19.1. The largest absolute Gasteiger partial charge is 0.369 e. The van der Waals surface area contributed by atoms with Crippen LogP contribution in [0.25, 0.3) is 0 Å². The molecule has 1 unspecified atom stereocenters. The number of carbonyl (C=O) groups excluding carboxylic acids is 1. The molecule has 0 radical (unpaired) electrons. The van der Waals surface area contributed by atoms with E-state index in [0.717, 1.165) is 5.56 Å². The van der Waals surface area contributed by atoms with Crippen LogP contribution in [0.15, 0.2) is 47.4 Å². The number of hydrogen-bond donors (Lipinski definition) is 2. The van der Waals surface area contributed by atoms with Gasteiger partial charge in [0.05, 0.1) is 10.8 Å². The van der Waals surface area contributed by atoms with E-state index in [-0.39, 0.29) is 23.7 Å². The fraction of sp³-hybridized carbons (Fsp3) is 0.278. The van der Waals surface area contributed by atoms with Crippen LogP contribution in [0.3, 0.4) is 0 Å². The Balaban J connectivity index is 2.12. The number of benzene rings is 2. The minimum Gasteiger partial charge on any atom is -0.369 e. The van der Waals surface area contributed by atoms with Gasteiger partial charge in [0.1, 0.15) is 5.82 Å². The van der Waals surface area contributed by atoms with Gasteiger partial charge in [-0.05, 0) is 49.6 Å². The number of primary amides is 1. The standard InChI is InChI=1S/C18H21FN2O3S/c1-12-3-8-17(13(2)9-12)25(23,24)21-11-15(18(20)22)10-14-4-6-16(19)7-5-14/h3-9,15,21H,10-11H2,1-2H3,(H2,20,22). The summed E-state index contributed by atoms with van der Waals surface area (Å²) in [5, 5.41) is 0. The van der Waals surface area contributed by atoms with Crippen molar-refractivity contribution in [3.8, 4) is 0 Å². The van der Waals surface area contributed by atoms with Crippen LogP contribution in [0.2, 0.25) is 0 Å². The molecule has 0 aliphatic rings.